The fraction of sp³-hybridized carbons (Fsp3) is 0.667. The first-order valence-electron chi connectivity index (χ1n) is 6.64. The molecule has 0 amide bonds. The maximum absolute atomic E-state index is 10.9. The minimum absolute atomic E-state index is 0.0573. The summed E-state index contributed by atoms with van der Waals surface area (Å²) >= 11 is 0. The van der Waals surface area contributed by atoms with Crippen molar-refractivity contribution in [3.63, 3.8) is 0 Å². The Kier molecular flexibility index (Phi) is 4.66. The third kappa shape index (κ3) is 4.01. The van der Waals surface area contributed by atoms with Crippen molar-refractivity contribution in [1.82, 2.24) is 9.97 Å². The predicted molar refractivity (Wildman–Crippen MR) is 75.0 cm³/mol. The van der Waals surface area contributed by atoms with E-state index in [-0.39, 0.29) is 18.0 Å². The Balaban J connectivity index is 3.27. The number of esters is 1. The lowest BCUT2D eigenvalue weighted by molar-refractivity contribution is -0.142. The summed E-state index contributed by atoms with van der Waals surface area (Å²) in [5, 5.41) is 0. The number of aromatic nitrogens is 2. The van der Waals surface area contributed by atoms with Gasteiger partial charge in [-0.1, -0.05) is 34.6 Å². The Morgan fingerprint density at radius 3 is 2.26 bits per heavy atom. The summed E-state index contributed by atoms with van der Waals surface area (Å²) in [6.45, 7) is 14.2. The molecule has 19 heavy (non-hydrogen) atoms. The van der Waals surface area contributed by atoms with Gasteiger partial charge in [0.25, 0.3) is 0 Å². The number of hydrogen-bond acceptors (Lipinski definition) is 4. The van der Waals surface area contributed by atoms with Crippen LogP contribution in [0.2, 0.25) is 0 Å². The third-order valence-electron chi connectivity index (χ3n) is 2.87. The molecule has 4 heteroatoms. The summed E-state index contributed by atoms with van der Waals surface area (Å²) in [6.07, 6.45) is 0. The highest BCUT2D eigenvalue weighted by atomic mass is 16.5. The van der Waals surface area contributed by atoms with Gasteiger partial charge in [0, 0.05) is 18.0 Å². The van der Waals surface area contributed by atoms with E-state index < -0.39 is 0 Å². The van der Waals surface area contributed by atoms with Gasteiger partial charge in [0.05, 0.1) is 5.69 Å². The van der Waals surface area contributed by atoms with Crippen LogP contribution in [0.1, 0.15) is 70.2 Å². The molecule has 1 aromatic rings. The zero-order chi connectivity index (χ0) is 14.8. The van der Waals surface area contributed by atoms with Gasteiger partial charge in [-0.25, -0.2) is 9.97 Å². The third-order valence-corrected chi connectivity index (χ3v) is 2.87. The maximum Gasteiger partial charge on any atom is 0.303 e. The molecule has 0 spiro atoms. The average Bonchev–Trinajstić information content (AvgIpc) is 2.23. The quantitative estimate of drug-likeness (QED) is 0.786. The average molecular weight is 264 g/mol. The van der Waals surface area contributed by atoms with Gasteiger partial charge in [-0.3, -0.25) is 4.79 Å². The Labute approximate surface area is 115 Å². The summed E-state index contributed by atoms with van der Waals surface area (Å²) < 4.78 is 4.99. The number of aryl methyl sites for hydroxylation is 1. The predicted octanol–water partition coefficient (Wildman–Crippen LogP) is 3.27. The van der Waals surface area contributed by atoms with E-state index in [1.165, 1.54) is 12.5 Å². The minimum Gasteiger partial charge on any atom is -0.458 e. The molecule has 0 saturated carbocycles. The van der Waals surface area contributed by atoms with Crippen molar-refractivity contribution in [2.45, 2.75) is 66.4 Å². The monoisotopic (exact) mass is 264 g/mol. The fourth-order valence-corrected chi connectivity index (χ4v) is 2.13. The van der Waals surface area contributed by atoms with Gasteiger partial charge in [0.15, 0.2) is 12.4 Å². The molecule has 0 aliphatic heterocycles. The summed E-state index contributed by atoms with van der Waals surface area (Å²) in [5.74, 6) is 0.630. The topological polar surface area (TPSA) is 52.1 Å². The van der Waals surface area contributed by atoms with Crippen molar-refractivity contribution in [3.05, 3.63) is 22.8 Å². The Bertz CT molecular complexity index is 474. The van der Waals surface area contributed by atoms with Crippen LogP contribution in [0.5, 0.6) is 0 Å². The van der Waals surface area contributed by atoms with Gasteiger partial charge in [-0.15, -0.1) is 0 Å². The van der Waals surface area contributed by atoms with Crippen LogP contribution in [0, 0.1) is 6.92 Å². The van der Waals surface area contributed by atoms with E-state index in [0.29, 0.717) is 11.7 Å². The molecule has 106 valence electrons. The molecule has 1 rings (SSSR count). The van der Waals surface area contributed by atoms with Gasteiger partial charge in [-0.2, -0.15) is 0 Å². The Morgan fingerprint density at radius 2 is 1.84 bits per heavy atom. The van der Waals surface area contributed by atoms with Crippen molar-refractivity contribution >= 4 is 5.97 Å². The summed E-state index contributed by atoms with van der Waals surface area (Å²) in [4.78, 5) is 19.9. The zero-order valence-electron chi connectivity index (χ0n) is 13.0. The van der Waals surface area contributed by atoms with Gasteiger partial charge in [0.2, 0.25) is 0 Å². The second kappa shape index (κ2) is 5.68. The van der Waals surface area contributed by atoms with Crippen molar-refractivity contribution in [2.75, 3.05) is 0 Å². The van der Waals surface area contributed by atoms with Crippen LogP contribution >= 0.6 is 0 Å². The van der Waals surface area contributed by atoms with Crippen molar-refractivity contribution < 1.29 is 9.53 Å². The van der Waals surface area contributed by atoms with Crippen molar-refractivity contribution in [1.29, 1.82) is 0 Å². The molecule has 0 radical (unpaired) electrons. The lowest BCUT2D eigenvalue weighted by Gasteiger charge is -2.25. The highest BCUT2D eigenvalue weighted by Gasteiger charge is 2.24. The molecule has 0 aromatic carbocycles. The summed E-state index contributed by atoms with van der Waals surface area (Å²) in [6, 6.07) is 0. The zero-order valence-corrected chi connectivity index (χ0v) is 13.0. The molecule has 0 unspecified atom stereocenters. The molecule has 0 saturated heterocycles. The first kappa shape index (κ1) is 15.6. The smallest absolute Gasteiger partial charge is 0.303 e. The lowest BCUT2D eigenvalue weighted by Crippen LogP contribution is -2.21. The van der Waals surface area contributed by atoms with E-state index in [9.17, 15) is 4.79 Å². The SMILES string of the molecule is CC(=O)OCc1nc(C)c(C(C)C)c(C(C)(C)C)n1. The van der Waals surface area contributed by atoms with E-state index in [2.05, 4.69) is 44.6 Å². The van der Waals surface area contributed by atoms with Crippen LogP contribution in [-0.2, 0) is 21.6 Å². The Hall–Kier alpha value is -1.45. The number of carbonyl (C=O) groups excluding carboxylic acids is 1. The number of ether oxygens (including phenoxy) is 1. The van der Waals surface area contributed by atoms with E-state index >= 15 is 0 Å². The van der Waals surface area contributed by atoms with Crippen molar-refractivity contribution in [3.8, 4) is 0 Å². The largest absolute Gasteiger partial charge is 0.458 e. The van der Waals surface area contributed by atoms with Crippen LogP contribution < -0.4 is 0 Å². The standard InChI is InChI=1S/C15H24N2O2/c1-9(2)13-10(3)16-12(8-19-11(4)18)17-14(13)15(5,6)7/h9H,8H2,1-7H3. The van der Waals surface area contributed by atoms with Gasteiger partial charge in [0.1, 0.15) is 0 Å². The highest BCUT2D eigenvalue weighted by molar-refractivity contribution is 5.65. The maximum atomic E-state index is 10.9. The van der Waals surface area contributed by atoms with Crippen LogP contribution in [-0.4, -0.2) is 15.9 Å². The lowest BCUT2D eigenvalue weighted by atomic mass is 9.84. The van der Waals surface area contributed by atoms with E-state index in [1.807, 2.05) is 6.92 Å². The van der Waals surface area contributed by atoms with Crippen LogP contribution in [0.25, 0.3) is 0 Å². The second-order valence-electron chi connectivity index (χ2n) is 6.17. The van der Waals surface area contributed by atoms with Gasteiger partial charge >= 0.3 is 5.97 Å². The molecule has 1 aromatic heterocycles. The number of rotatable bonds is 3. The summed E-state index contributed by atoms with van der Waals surface area (Å²) in [7, 11) is 0. The van der Waals surface area contributed by atoms with E-state index in [1.54, 1.807) is 0 Å². The van der Waals surface area contributed by atoms with Crippen LogP contribution in [0.4, 0.5) is 0 Å². The number of carbonyl (C=O) groups is 1. The summed E-state index contributed by atoms with van der Waals surface area (Å²) in [5.41, 5.74) is 3.14. The first-order chi connectivity index (χ1) is 8.62. The molecule has 4 nitrogen and oxygen atoms in total. The molecule has 0 fully saturated rings. The molecule has 0 atom stereocenters. The van der Waals surface area contributed by atoms with Crippen LogP contribution in [0.15, 0.2) is 0 Å². The van der Waals surface area contributed by atoms with Gasteiger partial charge in [-0.05, 0) is 18.4 Å². The Morgan fingerprint density at radius 1 is 1.26 bits per heavy atom. The number of nitrogens with zero attached hydrogens (tertiary/aromatic N) is 2. The van der Waals surface area contributed by atoms with Crippen LogP contribution in [0.3, 0.4) is 0 Å². The molecular weight excluding hydrogens is 240 g/mol. The van der Waals surface area contributed by atoms with E-state index in [4.69, 9.17) is 4.74 Å². The number of hydrogen-bond donors (Lipinski definition) is 0. The molecule has 1 heterocycles. The van der Waals surface area contributed by atoms with Gasteiger partial charge < -0.3 is 4.74 Å². The first-order valence-corrected chi connectivity index (χ1v) is 6.64. The molecule has 0 N–H and O–H groups in total. The van der Waals surface area contributed by atoms with Crippen molar-refractivity contribution in [2.24, 2.45) is 0 Å². The molecule has 0 aliphatic rings. The normalized spacial score (nSPS) is 11.8. The second-order valence-corrected chi connectivity index (χ2v) is 6.17. The fourth-order valence-electron chi connectivity index (χ4n) is 2.13. The molecular formula is C15H24N2O2. The minimum atomic E-state index is -0.313. The highest BCUT2D eigenvalue weighted by Crippen LogP contribution is 2.30. The molecule has 0 bridgehead atoms. The van der Waals surface area contributed by atoms with E-state index in [0.717, 1.165) is 11.4 Å². The molecule has 0 aliphatic carbocycles.